The lowest BCUT2D eigenvalue weighted by Crippen LogP contribution is -2.44. The van der Waals surface area contributed by atoms with E-state index in [0.29, 0.717) is 38.6 Å². The molecule has 28 heavy (non-hydrogen) atoms. The Morgan fingerprint density at radius 1 is 1.07 bits per heavy atom. The smallest absolute Gasteiger partial charge is 0.296 e. The first-order chi connectivity index (χ1) is 13.7. The van der Waals surface area contributed by atoms with E-state index in [0.717, 1.165) is 22.4 Å². The van der Waals surface area contributed by atoms with Crippen LogP contribution in [0.3, 0.4) is 0 Å². The quantitative estimate of drug-likeness (QED) is 0.506. The van der Waals surface area contributed by atoms with E-state index in [9.17, 15) is 9.59 Å². The van der Waals surface area contributed by atoms with Crippen LogP contribution in [0.5, 0.6) is 5.75 Å². The highest BCUT2D eigenvalue weighted by atomic mass is 16.5. The molecule has 1 aliphatic heterocycles. The van der Waals surface area contributed by atoms with E-state index < -0.39 is 11.7 Å². The fourth-order valence-corrected chi connectivity index (χ4v) is 3.48. The second-order valence-electron chi connectivity index (χ2n) is 6.59. The number of pyridine rings is 1. The van der Waals surface area contributed by atoms with Gasteiger partial charge in [0.2, 0.25) is 0 Å². The predicted molar refractivity (Wildman–Crippen MR) is 106 cm³/mol. The minimum atomic E-state index is -0.503. The average Bonchev–Trinajstić information content (AvgIpc) is 3.13. The third-order valence-corrected chi connectivity index (χ3v) is 4.86. The molecule has 4 rings (SSSR count). The molecule has 6 heteroatoms. The molecule has 0 radical (unpaired) electrons. The van der Waals surface area contributed by atoms with E-state index in [2.05, 4.69) is 0 Å². The predicted octanol–water partition coefficient (Wildman–Crippen LogP) is 3.05. The molecule has 3 aromatic rings. The highest BCUT2D eigenvalue weighted by molar-refractivity contribution is 6.43. The van der Waals surface area contributed by atoms with Gasteiger partial charge in [-0.25, -0.2) is 0 Å². The average molecular weight is 378 g/mol. The summed E-state index contributed by atoms with van der Waals surface area (Å²) in [5.41, 5.74) is 2.85. The summed E-state index contributed by atoms with van der Waals surface area (Å²) >= 11 is 0. The van der Waals surface area contributed by atoms with Crippen molar-refractivity contribution in [2.45, 2.75) is 6.92 Å². The van der Waals surface area contributed by atoms with Gasteiger partial charge in [0.25, 0.3) is 11.7 Å². The third-order valence-electron chi connectivity index (χ3n) is 4.86. The number of morpholine rings is 1. The van der Waals surface area contributed by atoms with Crippen molar-refractivity contribution in [3.63, 3.8) is 0 Å². The first-order valence-corrected chi connectivity index (χ1v) is 9.43. The standard InChI is InChI=1S/C22H22N2O4/c1-2-28-18-8-6-16(7-9-18)19-15-17-5-3-4-10-24(17)20(19)21(25)22(26)23-11-13-27-14-12-23/h3-10,15H,2,11-14H2,1H3. The maximum atomic E-state index is 13.2. The van der Waals surface area contributed by atoms with Gasteiger partial charge in [0, 0.05) is 30.4 Å². The van der Waals surface area contributed by atoms with E-state index in [-0.39, 0.29) is 0 Å². The summed E-state index contributed by atoms with van der Waals surface area (Å²) in [5.74, 6) is -0.219. The van der Waals surface area contributed by atoms with E-state index in [1.165, 1.54) is 0 Å². The number of nitrogens with zero attached hydrogens (tertiary/aromatic N) is 2. The molecule has 0 saturated carbocycles. The molecule has 0 unspecified atom stereocenters. The molecule has 0 bridgehead atoms. The van der Waals surface area contributed by atoms with Crippen molar-refractivity contribution in [3.8, 4) is 16.9 Å². The number of hydrogen-bond acceptors (Lipinski definition) is 4. The molecule has 1 amide bonds. The summed E-state index contributed by atoms with van der Waals surface area (Å²) in [6, 6.07) is 15.2. The Bertz CT molecular complexity index is 1000. The van der Waals surface area contributed by atoms with Gasteiger partial charge < -0.3 is 18.8 Å². The number of rotatable bonds is 5. The van der Waals surface area contributed by atoms with Crippen LogP contribution in [0.4, 0.5) is 0 Å². The van der Waals surface area contributed by atoms with Crippen LogP contribution in [0.1, 0.15) is 17.4 Å². The molecule has 0 N–H and O–H groups in total. The van der Waals surface area contributed by atoms with E-state index in [1.54, 1.807) is 9.30 Å². The molecule has 0 atom stereocenters. The molecule has 0 spiro atoms. The first-order valence-electron chi connectivity index (χ1n) is 9.43. The van der Waals surface area contributed by atoms with Crippen molar-refractivity contribution in [3.05, 3.63) is 60.4 Å². The van der Waals surface area contributed by atoms with Crippen LogP contribution in [-0.2, 0) is 9.53 Å². The minimum absolute atomic E-state index is 0.385. The number of amides is 1. The summed E-state index contributed by atoms with van der Waals surface area (Å²) in [5, 5.41) is 0. The van der Waals surface area contributed by atoms with Crippen LogP contribution in [0.15, 0.2) is 54.7 Å². The van der Waals surface area contributed by atoms with Gasteiger partial charge in [0.15, 0.2) is 0 Å². The molecule has 6 nitrogen and oxygen atoms in total. The monoisotopic (exact) mass is 378 g/mol. The maximum absolute atomic E-state index is 13.2. The number of ketones is 1. The molecule has 2 aromatic heterocycles. The first kappa shape index (κ1) is 18.3. The summed E-state index contributed by atoms with van der Waals surface area (Å²) in [6.07, 6.45) is 1.81. The van der Waals surface area contributed by atoms with Gasteiger partial charge in [-0.3, -0.25) is 9.59 Å². The van der Waals surface area contributed by atoms with Gasteiger partial charge in [-0.1, -0.05) is 18.2 Å². The number of carbonyl (C=O) groups excluding carboxylic acids is 2. The Morgan fingerprint density at radius 3 is 2.54 bits per heavy atom. The number of benzene rings is 1. The summed E-state index contributed by atoms with van der Waals surface area (Å²) < 4.78 is 12.6. The van der Waals surface area contributed by atoms with Gasteiger partial charge in [-0.2, -0.15) is 0 Å². The Labute approximate surface area is 163 Å². The second-order valence-corrected chi connectivity index (χ2v) is 6.59. The van der Waals surface area contributed by atoms with Gasteiger partial charge >= 0.3 is 0 Å². The minimum Gasteiger partial charge on any atom is -0.494 e. The van der Waals surface area contributed by atoms with Crippen LogP contribution in [0, 0.1) is 0 Å². The summed E-state index contributed by atoms with van der Waals surface area (Å²) in [7, 11) is 0. The van der Waals surface area contributed by atoms with Gasteiger partial charge in [-0.05, 0) is 42.8 Å². The lowest BCUT2D eigenvalue weighted by atomic mass is 10.0. The van der Waals surface area contributed by atoms with Crippen molar-refractivity contribution in [2.75, 3.05) is 32.9 Å². The zero-order valence-electron chi connectivity index (χ0n) is 15.8. The lowest BCUT2D eigenvalue weighted by molar-refractivity contribution is -0.130. The Kier molecular flexibility index (Phi) is 5.12. The zero-order valence-corrected chi connectivity index (χ0v) is 15.8. The van der Waals surface area contributed by atoms with Crippen LogP contribution in [-0.4, -0.2) is 53.9 Å². The van der Waals surface area contributed by atoms with Gasteiger partial charge in [0.1, 0.15) is 11.4 Å². The molecule has 3 heterocycles. The van der Waals surface area contributed by atoms with E-state index in [4.69, 9.17) is 9.47 Å². The van der Waals surface area contributed by atoms with E-state index >= 15 is 0 Å². The number of carbonyl (C=O) groups is 2. The van der Waals surface area contributed by atoms with Crippen LogP contribution in [0.25, 0.3) is 16.6 Å². The van der Waals surface area contributed by atoms with E-state index in [1.807, 2.05) is 61.7 Å². The van der Waals surface area contributed by atoms with Gasteiger partial charge in [-0.15, -0.1) is 0 Å². The lowest BCUT2D eigenvalue weighted by Gasteiger charge is -2.26. The molecule has 144 valence electrons. The molecule has 1 aromatic carbocycles. The second kappa shape index (κ2) is 7.86. The van der Waals surface area contributed by atoms with Crippen LogP contribution < -0.4 is 4.74 Å². The number of ether oxygens (including phenoxy) is 2. The third kappa shape index (κ3) is 3.39. The van der Waals surface area contributed by atoms with Crippen molar-refractivity contribution in [1.82, 2.24) is 9.30 Å². The molecule has 1 aliphatic rings. The summed E-state index contributed by atoms with van der Waals surface area (Å²) in [4.78, 5) is 27.6. The number of hydrogen-bond donors (Lipinski definition) is 0. The highest BCUT2D eigenvalue weighted by Gasteiger charge is 2.29. The Hall–Kier alpha value is -3.12. The Balaban J connectivity index is 1.76. The largest absolute Gasteiger partial charge is 0.494 e. The molecule has 1 fully saturated rings. The number of Topliss-reactive ketones (excluding diaryl/α,β-unsaturated/α-hetero) is 1. The van der Waals surface area contributed by atoms with Crippen LogP contribution >= 0.6 is 0 Å². The fourth-order valence-electron chi connectivity index (χ4n) is 3.48. The number of aromatic nitrogens is 1. The van der Waals surface area contributed by atoms with Crippen LogP contribution in [0.2, 0.25) is 0 Å². The number of fused-ring (bicyclic) bond motifs is 1. The zero-order chi connectivity index (χ0) is 19.5. The van der Waals surface area contributed by atoms with Crippen molar-refractivity contribution >= 4 is 17.2 Å². The van der Waals surface area contributed by atoms with Crippen molar-refractivity contribution in [2.24, 2.45) is 0 Å². The molecular formula is C22H22N2O4. The highest BCUT2D eigenvalue weighted by Crippen LogP contribution is 2.30. The van der Waals surface area contributed by atoms with Crippen molar-refractivity contribution < 1.29 is 19.1 Å². The fraction of sp³-hybridized carbons (Fsp3) is 0.273. The maximum Gasteiger partial charge on any atom is 0.296 e. The van der Waals surface area contributed by atoms with Crippen molar-refractivity contribution in [1.29, 1.82) is 0 Å². The molecule has 0 aliphatic carbocycles. The molecule has 1 saturated heterocycles. The van der Waals surface area contributed by atoms with Gasteiger partial charge in [0.05, 0.1) is 19.8 Å². The normalized spacial score (nSPS) is 14.2. The SMILES string of the molecule is CCOc1ccc(-c2cc3ccccn3c2C(=O)C(=O)N2CCOCC2)cc1. The molecular weight excluding hydrogens is 356 g/mol. The summed E-state index contributed by atoms with van der Waals surface area (Å²) in [6.45, 7) is 4.31. The topological polar surface area (TPSA) is 60.2 Å². The Morgan fingerprint density at radius 2 is 1.82 bits per heavy atom.